The Balaban J connectivity index is 2.72. The summed E-state index contributed by atoms with van der Waals surface area (Å²) in [4.78, 5) is 0. The number of aliphatic hydroxyl groups is 1. The van der Waals surface area contributed by atoms with Crippen molar-refractivity contribution in [3.63, 3.8) is 0 Å². The topological polar surface area (TPSA) is 44.0 Å². The molecule has 2 nitrogen and oxygen atoms in total. The normalized spacial score (nSPS) is 17.0. The minimum Gasteiger partial charge on any atom is -0.391 e. The summed E-state index contributed by atoms with van der Waals surface area (Å²) < 4.78 is 1.00. The van der Waals surface area contributed by atoms with Crippen molar-refractivity contribution >= 4 is 23.5 Å². The van der Waals surface area contributed by atoms with Gasteiger partial charge in [0.2, 0.25) is 0 Å². The van der Waals surface area contributed by atoms with Crippen molar-refractivity contribution in [2.24, 2.45) is 0 Å². The first-order chi connectivity index (χ1) is 4.88. The Morgan fingerprint density at radius 2 is 2.20 bits per heavy atom. The molecule has 0 aromatic carbocycles. The largest absolute Gasteiger partial charge is 0.391 e. The van der Waals surface area contributed by atoms with Crippen molar-refractivity contribution in [2.75, 3.05) is 18.1 Å². The van der Waals surface area contributed by atoms with Gasteiger partial charge < -0.3 is 5.11 Å². The van der Waals surface area contributed by atoms with E-state index in [1.165, 1.54) is 0 Å². The highest BCUT2D eigenvalue weighted by molar-refractivity contribution is 8.25. The fourth-order valence-electron chi connectivity index (χ4n) is 0.630. The van der Waals surface area contributed by atoms with Crippen LogP contribution in [0.3, 0.4) is 0 Å². The quantitative estimate of drug-likeness (QED) is 0.605. The van der Waals surface area contributed by atoms with Crippen LogP contribution >= 0.6 is 23.5 Å². The summed E-state index contributed by atoms with van der Waals surface area (Å²) in [6, 6.07) is 1.98. The van der Waals surface area contributed by atoms with Gasteiger partial charge in [-0.2, -0.15) is 5.26 Å². The molecule has 1 heterocycles. The lowest BCUT2D eigenvalue weighted by Crippen LogP contribution is -1.87. The van der Waals surface area contributed by atoms with E-state index in [-0.39, 0.29) is 6.61 Å². The lowest BCUT2D eigenvalue weighted by molar-refractivity contribution is 0.336. The predicted molar refractivity (Wildman–Crippen MR) is 44.6 cm³/mol. The van der Waals surface area contributed by atoms with Gasteiger partial charge in [-0.05, 0) is 0 Å². The molecule has 1 fully saturated rings. The Kier molecular flexibility index (Phi) is 3.13. The number of nitriles is 1. The highest BCUT2D eigenvalue weighted by Gasteiger charge is 2.12. The van der Waals surface area contributed by atoms with E-state index in [9.17, 15) is 0 Å². The first-order valence-corrected chi connectivity index (χ1v) is 4.85. The van der Waals surface area contributed by atoms with Crippen molar-refractivity contribution < 1.29 is 5.11 Å². The van der Waals surface area contributed by atoms with Gasteiger partial charge in [0, 0.05) is 11.5 Å². The molecule has 1 rings (SSSR count). The minimum absolute atomic E-state index is 0.119. The van der Waals surface area contributed by atoms with E-state index in [0.29, 0.717) is 5.57 Å². The van der Waals surface area contributed by atoms with Crippen LogP contribution in [-0.2, 0) is 0 Å². The van der Waals surface area contributed by atoms with Crippen LogP contribution in [0, 0.1) is 11.3 Å². The second kappa shape index (κ2) is 3.91. The van der Waals surface area contributed by atoms with Crippen LogP contribution in [0.2, 0.25) is 0 Å². The zero-order valence-corrected chi connectivity index (χ0v) is 6.97. The van der Waals surface area contributed by atoms with E-state index in [1.54, 1.807) is 23.5 Å². The maximum Gasteiger partial charge on any atom is 0.0989 e. The van der Waals surface area contributed by atoms with E-state index >= 15 is 0 Å². The Morgan fingerprint density at radius 1 is 1.60 bits per heavy atom. The first kappa shape index (κ1) is 7.99. The van der Waals surface area contributed by atoms with Crippen LogP contribution in [-0.4, -0.2) is 23.2 Å². The predicted octanol–water partition coefficient (Wildman–Crippen LogP) is 1.19. The smallest absolute Gasteiger partial charge is 0.0989 e. The summed E-state index contributed by atoms with van der Waals surface area (Å²) in [5.74, 6) is 2.12. The highest BCUT2D eigenvalue weighted by Crippen LogP contribution is 2.38. The summed E-state index contributed by atoms with van der Waals surface area (Å²) in [7, 11) is 0. The SMILES string of the molecule is N#CC(CO)=C1SCCS1. The molecule has 0 aromatic rings. The molecule has 0 spiro atoms. The van der Waals surface area contributed by atoms with Gasteiger partial charge in [0.05, 0.1) is 22.5 Å². The average molecular weight is 173 g/mol. The molecular weight excluding hydrogens is 166 g/mol. The molecule has 0 aliphatic carbocycles. The van der Waals surface area contributed by atoms with Gasteiger partial charge >= 0.3 is 0 Å². The van der Waals surface area contributed by atoms with Gasteiger partial charge in [0.25, 0.3) is 0 Å². The second-order valence-electron chi connectivity index (χ2n) is 1.73. The van der Waals surface area contributed by atoms with Crippen molar-refractivity contribution in [1.29, 1.82) is 5.26 Å². The standard InChI is InChI=1S/C6H7NOS2/c7-3-5(4-8)6-9-1-2-10-6/h8H,1-2,4H2. The molecule has 0 amide bonds. The molecule has 1 aliphatic heterocycles. The van der Waals surface area contributed by atoms with Crippen LogP contribution < -0.4 is 0 Å². The number of rotatable bonds is 1. The molecule has 0 saturated carbocycles. The third kappa shape index (κ3) is 1.69. The summed E-state index contributed by atoms with van der Waals surface area (Å²) >= 11 is 3.32. The minimum atomic E-state index is -0.119. The number of hydrogen-bond acceptors (Lipinski definition) is 4. The molecule has 10 heavy (non-hydrogen) atoms. The zero-order chi connectivity index (χ0) is 7.40. The van der Waals surface area contributed by atoms with Gasteiger partial charge in [-0.15, -0.1) is 23.5 Å². The van der Waals surface area contributed by atoms with E-state index in [0.717, 1.165) is 15.7 Å². The van der Waals surface area contributed by atoms with Crippen molar-refractivity contribution in [1.82, 2.24) is 0 Å². The molecule has 0 aromatic heterocycles. The highest BCUT2D eigenvalue weighted by atomic mass is 32.2. The van der Waals surface area contributed by atoms with Crippen LogP contribution in [0.25, 0.3) is 0 Å². The molecular formula is C6H7NOS2. The Bertz CT molecular complexity index is 186. The Hall–Kier alpha value is -0.110. The fraction of sp³-hybridized carbons (Fsp3) is 0.500. The van der Waals surface area contributed by atoms with Gasteiger partial charge in [0.15, 0.2) is 0 Å². The maximum absolute atomic E-state index is 8.68. The number of nitrogens with zero attached hydrogens (tertiary/aromatic N) is 1. The molecule has 4 heteroatoms. The van der Waals surface area contributed by atoms with E-state index < -0.39 is 0 Å². The van der Waals surface area contributed by atoms with Gasteiger partial charge in [-0.3, -0.25) is 0 Å². The van der Waals surface area contributed by atoms with E-state index in [1.807, 2.05) is 6.07 Å². The summed E-state index contributed by atoms with van der Waals surface area (Å²) in [5, 5.41) is 17.2. The molecule has 0 radical (unpaired) electrons. The molecule has 1 N–H and O–H groups in total. The van der Waals surface area contributed by atoms with Crippen molar-refractivity contribution in [3.8, 4) is 6.07 Å². The Labute approximate surface area is 68.3 Å². The summed E-state index contributed by atoms with van der Waals surface area (Å²) in [5.41, 5.74) is 0.521. The van der Waals surface area contributed by atoms with Gasteiger partial charge in [-0.25, -0.2) is 0 Å². The number of thioether (sulfide) groups is 2. The van der Waals surface area contributed by atoms with E-state index in [2.05, 4.69) is 0 Å². The molecule has 0 bridgehead atoms. The monoisotopic (exact) mass is 173 g/mol. The molecule has 1 aliphatic rings. The Morgan fingerprint density at radius 3 is 2.60 bits per heavy atom. The number of aliphatic hydroxyl groups excluding tert-OH is 1. The summed E-state index contributed by atoms with van der Waals surface area (Å²) in [6.45, 7) is -0.119. The molecule has 0 unspecified atom stereocenters. The van der Waals surface area contributed by atoms with Crippen LogP contribution in [0.1, 0.15) is 0 Å². The second-order valence-corrected chi connectivity index (χ2v) is 4.20. The van der Waals surface area contributed by atoms with Crippen LogP contribution in [0.4, 0.5) is 0 Å². The lowest BCUT2D eigenvalue weighted by atomic mass is 10.4. The van der Waals surface area contributed by atoms with Gasteiger partial charge in [0.1, 0.15) is 0 Å². The van der Waals surface area contributed by atoms with Crippen LogP contribution in [0.15, 0.2) is 9.81 Å². The number of hydrogen-bond donors (Lipinski definition) is 1. The van der Waals surface area contributed by atoms with Crippen molar-refractivity contribution in [2.45, 2.75) is 0 Å². The third-order valence-electron chi connectivity index (χ3n) is 1.09. The van der Waals surface area contributed by atoms with Crippen molar-refractivity contribution in [3.05, 3.63) is 9.81 Å². The first-order valence-electron chi connectivity index (χ1n) is 2.88. The third-order valence-corrected chi connectivity index (χ3v) is 3.89. The summed E-state index contributed by atoms with van der Waals surface area (Å²) in [6.07, 6.45) is 0. The molecule has 0 atom stereocenters. The van der Waals surface area contributed by atoms with E-state index in [4.69, 9.17) is 10.4 Å². The fourth-order valence-corrected chi connectivity index (χ4v) is 3.07. The molecule has 54 valence electrons. The molecule has 1 saturated heterocycles. The lowest BCUT2D eigenvalue weighted by Gasteiger charge is -1.94. The zero-order valence-electron chi connectivity index (χ0n) is 5.33. The maximum atomic E-state index is 8.68. The average Bonchev–Trinajstić information content (AvgIpc) is 2.43. The van der Waals surface area contributed by atoms with Crippen LogP contribution in [0.5, 0.6) is 0 Å². The van der Waals surface area contributed by atoms with Gasteiger partial charge in [-0.1, -0.05) is 0 Å².